The Morgan fingerprint density at radius 3 is 0.484 bits per heavy atom. The van der Waals surface area contributed by atoms with Crippen LogP contribution in [-0.4, -0.2) is 144 Å². The maximum absolute atomic E-state index is 9.01. The maximum Gasteiger partial charge on any atom is 3.00 e. The summed E-state index contributed by atoms with van der Waals surface area (Å²) in [6.45, 7) is -2.67. The first-order chi connectivity index (χ1) is 12.0. The molecular weight excluding hydrogens is 500 g/mol. The zero-order valence-corrected chi connectivity index (χ0v) is 19.7. The Labute approximate surface area is 218 Å². The van der Waals surface area contributed by atoms with E-state index in [0.717, 1.165) is 0 Å². The first kappa shape index (κ1) is 63.3. The fraction of sp³-hybridized carbons (Fsp3) is 0.500. The van der Waals surface area contributed by atoms with E-state index in [1.807, 2.05) is 0 Å². The van der Waals surface area contributed by atoms with Crippen molar-refractivity contribution in [3.8, 4) is 0 Å². The minimum absolute atomic E-state index is 0. The standard InChI is InChI=1S/3C2H4O3.4Al.3BO3/c3*3-1-2(4)5;;;;;3*2-1(3)4/h3*3H,1H2,(H,4,5);;;;;;;/q;;;4*+3;3*-3/p-3. The molecular formula is C6H9Al4B3O18. The van der Waals surface area contributed by atoms with Crippen LogP contribution < -0.4 is 60.5 Å². The Morgan fingerprint density at radius 2 is 0.484 bits per heavy atom. The molecule has 0 aliphatic heterocycles. The van der Waals surface area contributed by atoms with Crippen LogP contribution in [0.2, 0.25) is 0 Å². The van der Waals surface area contributed by atoms with E-state index >= 15 is 0 Å². The quantitative estimate of drug-likeness (QED) is 0.297. The van der Waals surface area contributed by atoms with Gasteiger partial charge in [0.2, 0.25) is 0 Å². The van der Waals surface area contributed by atoms with Crippen LogP contribution in [0.4, 0.5) is 0 Å². The first-order valence-electron chi connectivity index (χ1n) is 5.36. The second-order valence-corrected chi connectivity index (χ2v) is 2.46. The molecule has 0 rings (SSSR count). The Morgan fingerprint density at radius 1 is 0.452 bits per heavy atom. The minimum atomic E-state index is -2.92. The van der Waals surface area contributed by atoms with Gasteiger partial charge in [-0.25, -0.2) is 0 Å². The summed E-state index contributed by atoms with van der Waals surface area (Å²) in [4.78, 5) is 27.0. The molecule has 0 bridgehead atoms. The normalized spacial score (nSPS) is 6.19. The number of carbonyl (C=O) groups is 3. The van der Waals surface area contributed by atoms with Gasteiger partial charge in [0.1, 0.15) is 0 Å². The average Bonchev–Trinajstić information content (AvgIpc) is 2.46. The second-order valence-electron chi connectivity index (χ2n) is 2.46. The van der Waals surface area contributed by atoms with E-state index < -0.39 is 59.7 Å². The van der Waals surface area contributed by atoms with Crippen LogP contribution in [0.3, 0.4) is 0 Å². The molecule has 162 valence electrons. The van der Waals surface area contributed by atoms with Crippen LogP contribution in [0.25, 0.3) is 0 Å². The predicted molar refractivity (Wildman–Crippen MR) is 76.6 cm³/mol. The van der Waals surface area contributed by atoms with E-state index in [1.54, 1.807) is 0 Å². The molecule has 0 spiro atoms. The van der Waals surface area contributed by atoms with Gasteiger partial charge in [0.25, 0.3) is 0 Å². The van der Waals surface area contributed by atoms with Gasteiger partial charge in [0, 0.05) is 0 Å². The van der Waals surface area contributed by atoms with Crippen LogP contribution in [0, 0.1) is 0 Å². The van der Waals surface area contributed by atoms with Crippen molar-refractivity contribution in [1.29, 1.82) is 0 Å². The molecule has 0 fully saturated rings. The molecule has 0 saturated heterocycles. The molecule has 0 aromatic carbocycles. The van der Waals surface area contributed by atoms with Gasteiger partial charge in [-0.1, -0.05) is 0 Å². The molecule has 0 amide bonds. The summed E-state index contributed by atoms with van der Waals surface area (Å²) in [5.41, 5.74) is 0. The van der Waals surface area contributed by atoms with Crippen molar-refractivity contribution in [2.75, 3.05) is 19.8 Å². The fourth-order valence-corrected chi connectivity index (χ4v) is 0. The van der Waals surface area contributed by atoms with Gasteiger partial charge in [-0.05, 0) is 0 Å². The van der Waals surface area contributed by atoms with Gasteiger partial charge in [-0.15, -0.1) is 0 Å². The number of hydrogen-bond acceptors (Lipinski definition) is 18. The van der Waals surface area contributed by atoms with Gasteiger partial charge in [0.15, 0.2) is 0 Å². The number of hydrogen-bond donors (Lipinski definition) is 3. The Hall–Kier alpha value is 0.255. The van der Waals surface area contributed by atoms with Crippen LogP contribution in [0.15, 0.2) is 0 Å². The van der Waals surface area contributed by atoms with E-state index in [-0.39, 0.29) is 69.4 Å². The van der Waals surface area contributed by atoms with Crippen molar-refractivity contribution < 1.29 is 90.2 Å². The van der Waals surface area contributed by atoms with E-state index in [1.165, 1.54) is 0 Å². The minimum Gasteiger partial charge on any atom is -0.907 e. The predicted octanol–water partition coefficient (Wildman–Crippen LogP) is -20.2. The number of aliphatic hydroxyl groups is 3. The Bertz CT molecular complexity index is 271. The molecule has 0 aliphatic rings. The molecule has 0 saturated carbocycles. The van der Waals surface area contributed by atoms with Crippen molar-refractivity contribution in [2.45, 2.75) is 0 Å². The number of carboxylic acids is 3. The number of carbonyl (C=O) groups excluding carboxylic acids is 3. The Kier molecular flexibility index (Phi) is 117. The Balaban J connectivity index is -0.0000000209. The topological polar surface area (TPSA) is 389 Å². The summed E-state index contributed by atoms with van der Waals surface area (Å²) < 4.78 is 0. The third-order valence-electron chi connectivity index (χ3n) is 0.387. The van der Waals surface area contributed by atoms with Crippen molar-refractivity contribution in [3.63, 3.8) is 0 Å². The molecule has 0 heterocycles. The van der Waals surface area contributed by atoms with Gasteiger partial charge >= 0.3 is 69.4 Å². The molecule has 31 heavy (non-hydrogen) atoms. The van der Waals surface area contributed by atoms with Crippen LogP contribution in [0.5, 0.6) is 0 Å². The van der Waals surface area contributed by atoms with Crippen LogP contribution in [0.1, 0.15) is 0 Å². The second kappa shape index (κ2) is 57.3. The molecule has 0 aromatic heterocycles. The van der Waals surface area contributed by atoms with Crippen molar-refractivity contribution in [2.24, 2.45) is 0 Å². The summed E-state index contributed by atoms with van der Waals surface area (Å²) in [5.74, 6) is -4.32. The van der Waals surface area contributed by atoms with Gasteiger partial charge in [-0.3, -0.25) is 22.0 Å². The van der Waals surface area contributed by atoms with E-state index in [0.29, 0.717) is 0 Å². The number of aliphatic carboxylic acids is 3. The molecule has 0 radical (unpaired) electrons. The molecule has 0 aromatic rings. The summed E-state index contributed by atoms with van der Waals surface area (Å²) in [7, 11) is -8.75. The van der Waals surface area contributed by atoms with Crippen LogP contribution in [-0.2, 0) is 14.4 Å². The molecule has 0 aliphatic carbocycles. The molecule has 25 heteroatoms. The van der Waals surface area contributed by atoms with Gasteiger partial charge in [-0.2, -0.15) is 0 Å². The zero-order chi connectivity index (χ0) is 23.6. The number of rotatable bonds is 3. The molecule has 0 unspecified atom stereocenters. The smallest absolute Gasteiger partial charge is 0.907 e. The zero-order valence-electron chi connectivity index (χ0n) is 15.1. The summed E-state index contributed by atoms with van der Waals surface area (Å²) in [6.07, 6.45) is 0. The van der Waals surface area contributed by atoms with Gasteiger partial charge < -0.3 is 90.2 Å². The SMILES string of the molecule is O=C([O-])CO.O=C([O-])CO.O=C([O-])CO.[Al+3].[Al+3].[Al+3].[Al+3].[O-]B([O-])[O-].[O-]B([O-])[O-].[O-]B([O-])[O-]. The number of carboxylic acid groups (broad SMARTS) is 3. The largest absolute Gasteiger partial charge is 3.00 e. The average molecular weight is 509 g/mol. The van der Waals surface area contributed by atoms with Crippen molar-refractivity contribution in [3.05, 3.63) is 0 Å². The molecule has 3 N–H and O–H groups in total. The summed E-state index contributed by atoms with van der Waals surface area (Å²) >= 11 is 0. The number of aliphatic hydroxyl groups excluding tert-OH is 3. The third kappa shape index (κ3) is 617. The summed E-state index contributed by atoms with van der Waals surface area (Å²) in [6, 6.07) is 0. The van der Waals surface area contributed by atoms with Crippen molar-refractivity contribution in [1.82, 2.24) is 0 Å². The third-order valence-corrected chi connectivity index (χ3v) is 0.387. The molecule has 0 atom stereocenters. The monoisotopic (exact) mass is 510 g/mol. The van der Waals surface area contributed by atoms with E-state index in [2.05, 4.69) is 0 Å². The first-order valence-corrected chi connectivity index (χ1v) is 5.36. The maximum atomic E-state index is 9.01. The van der Waals surface area contributed by atoms with Crippen molar-refractivity contribution >= 4 is 109 Å². The van der Waals surface area contributed by atoms with Gasteiger partial charge in [0.05, 0.1) is 37.7 Å². The fourth-order valence-electron chi connectivity index (χ4n) is 0. The van der Waals surface area contributed by atoms with E-state index in [9.17, 15) is 0 Å². The molecule has 18 nitrogen and oxygen atoms in total. The van der Waals surface area contributed by atoms with Crippen LogP contribution >= 0.6 is 0 Å². The van der Waals surface area contributed by atoms with E-state index in [4.69, 9.17) is 90.2 Å². The summed E-state index contributed by atoms with van der Waals surface area (Å²) in [5, 5.41) is 125.